The molecule has 2 N–H and O–H groups in total. The summed E-state index contributed by atoms with van der Waals surface area (Å²) < 4.78 is 44.7. The maximum Gasteiger partial charge on any atom is 0.180 e. The molecule has 0 aliphatic carbocycles. The van der Waals surface area contributed by atoms with Gasteiger partial charge in [0, 0.05) is 30.1 Å². The largest absolute Gasteiger partial charge is 0.377 e. The summed E-state index contributed by atoms with van der Waals surface area (Å²) in [6, 6.07) is 1.29. The van der Waals surface area contributed by atoms with Gasteiger partial charge < -0.3 is 10.5 Å². The Morgan fingerprint density at radius 3 is 2.50 bits per heavy atom. The number of thioether (sulfide) groups is 1. The first-order chi connectivity index (χ1) is 10.6. The Balaban J connectivity index is 1.66. The molecule has 22 heavy (non-hydrogen) atoms. The van der Waals surface area contributed by atoms with Gasteiger partial charge in [-0.15, -0.1) is 5.10 Å². The Morgan fingerprint density at radius 2 is 1.86 bits per heavy atom. The van der Waals surface area contributed by atoms with Crippen molar-refractivity contribution in [3.05, 3.63) is 35.1 Å². The molecular formula is C14H16F3N3OS. The Hall–Kier alpha value is -1.54. The molecule has 0 bridgehead atoms. The molecule has 1 aliphatic rings. The van der Waals surface area contributed by atoms with Crippen LogP contribution in [0.25, 0.3) is 0 Å². The van der Waals surface area contributed by atoms with E-state index < -0.39 is 17.5 Å². The molecule has 8 heteroatoms. The highest BCUT2D eigenvalue weighted by Crippen LogP contribution is 2.16. The predicted octanol–water partition coefficient (Wildman–Crippen LogP) is 3.21. The van der Waals surface area contributed by atoms with Gasteiger partial charge >= 0.3 is 0 Å². The number of nitrogens with two attached hydrogens (primary N) is 1. The molecule has 0 amide bonds. The number of nitrogens with zero attached hydrogens (tertiary/aromatic N) is 2. The molecule has 1 aromatic rings. The maximum absolute atomic E-state index is 13.4. The standard InChI is InChI=1S/C14H16F3N3OS/c15-9-5-12(16)11(13(17)6-9)7-21-4-2-1-3-10-8-22-14(18)20-19-10/h5-6H,1-4,7-8H2,(H2,18,20). The van der Waals surface area contributed by atoms with Crippen LogP contribution in [-0.2, 0) is 11.3 Å². The zero-order valence-electron chi connectivity index (χ0n) is 11.8. The third-order valence-electron chi connectivity index (χ3n) is 3.03. The third-order valence-corrected chi connectivity index (χ3v) is 3.89. The lowest BCUT2D eigenvalue weighted by Gasteiger charge is -2.09. The van der Waals surface area contributed by atoms with E-state index in [1.54, 1.807) is 0 Å². The zero-order valence-corrected chi connectivity index (χ0v) is 12.6. The van der Waals surface area contributed by atoms with Crippen molar-refractivity contribution in [3.8, 4) is 0 Å². The summed E-state index contributed by atoms with van der Waals surface area (Å²) in [6.07, 6.45) is 2.35. The SMILES string of the molecule is NC1=NN=C(CCCCOCc2c(F)cc(F)cc2F)CS1. The minimum Gasteiger partial charge on any atom is -0.377 e. The Kier molecular flexibility index (Phi) is 6.26. The van der Waals surface area contributed by atoms with Crippen LogP contribution in [0.1, 0.15) is 24.8 Å². The van der Waals surface area contributed by atoms with Crippen molar-refractivity contribution < 1.29 is 17.9 Å². The summed E-state index contributed by atoms with van der Waals surface area (Å²) in [5, 5.41) is 8.25. The molecule has 120 valence electrons. The molecular weight excluding hydrogens is 315 g/mol. The molecule has 2 rings (SSSR count). The lowest BCUT2D eigenvalue weighted by molar-refractivity contribution is 0.112. The fourth-order valence-corrected chi connectivity index (χ4v) is 2.49. The summed E-state index contributed by atoms with van der Waals surface area (Å²) in [6.45, 7) is 0.150. The van der Waals surface area contributed by atoms with E-state index in [-0.39, 0.29) is 12.2 Å². The van der Waals surface area contributed by atoms with Crippen molar-refractivity contribution in [2.24, 2.45) is 15.9 Å². The fourth-order valence-electron chi connectivity index (χ4n) is 1.87. The van der Waals surface area contributed by atoms with Gasteiger partial charge in [0.2, 0.25) is 0 Å². The molecule has 0 unspecified atom stereocenters. The van der Waals surface area contributed by atoms with Gasteiger partial charge in [0.1, 0.15) is 17.5 Å². The second-order valence-corrected chi connectivity index (χ2v) is 5.75. The first-order valence-electron chi connectivity index (χ1n) is 6.79. The minimum atomic E-state index is -0.937. The second kappa shape index (κ2) is 8.19. The number of rotatable bonds is 7. The van der Waals surface area contributed by atoms with E-state index in [9.17, 15) is 13.2 Å². The summed E-state index contributed by atoms with van der Waals surface area (Å²) >= 11 is 1.45. The van der Waals surface area contributed by atoms with Crippen LogP contribution in [0.5, 0.6) is 0 Å². The van der Waals surface area contributed by atoms with E-state index in [0.717, 1.165) is 30.7 Å². The molecule has 1 aliphatic heterocycles. The monoisotopic (exact) mass is 331 g/mol. The molecule has 0 radical (unpaired) electrons. The van der Waals surface area contributed by atoms with Gasteiger partial charge in [0.15, 0.2) is 5.17 Å². The van der Waals surface area contributed by atoms with Gasteiger partial charge in [-0.05, 0) is 19.3 Å². The summed E-state index contributed by atoms with van der Waals surface area (Å²) in [5.74, 6) is -2.06. The van der Waals surface area contributed by atoms with Gasteiger partial charge in [0.05, 0.1) is 12.3 Å². The smallest absolute Gasteiger partial charge is 0.180 e. The molecule has 0 atom stereocenters. The molecule has 1 aromatic carbocycles. The average Bonchev–Trinajstić information content (AvgIpc) is 2.46. The summed E-state index contributed by atoms with van der Waals surface area (Å²) in [7, 11) is 0. The number of benzene rings is 1. The average molecular weight is 331 g/mol. The molecule has 0 aromatic heterocycles. The number of halogens is 3. The number of hydrogen-bond donors (Lipinski definition) is 1. The first-order valence-corrected chi connectivity index (χ1v) is 7.77. The topological polar surface area (TPSA) is 60.0 Å². The number of hydrogen-bond acceptors (Lipinski definition) is 5. The first kappa shape index (κ1) is 16.8. The number of amidine groups is 1. The van der Waals surface area contributed by atoms with E-state index in [2.05, 4.69) is 10.2 Å². The van der Waals surface area contributed by atoms with Crippen molar-refractivity contribution in [3.63, 3.8) is 0 Å². The molecule has 0 spiro atoms. The normalized spacial score (nSPS) is 14.7. The maximum atomic E-state index is 13.4. The van der Waals surface area contributed by atoms with Gasteiger partial charge in [-0.1, -0.05) is 11.8 Å². The van der Waals surface area contributed by atoms with Crippen LogP contribution in [0.3, 0.4) is 0 Å². The van der Waals surface area contributed by atoms with Crippen LogP contribution in [0, 0.1) is 17.5 Å². The minimum absolute atomic E-state index is 0.213. The zero-order chi connectivity index (χ0) is 15.9. The van der Waals surface area contributed by atoms with E-state index in [1.165, 1.54) is 11.8 Å². The van der Waals surface area contributed by atoms with Gasteiger partial charge in [-0.25, -0.2) is 13.2 Å². The Labute approximate surface area is 130 Å². The molecule has 0 saturated heterocycles. The molecule has 1 heterocycles. The summed E-state index contributed by atoms with van der Waals surface area (Å²) in [5.41, 5.74) is 6.20. The highest BCUT2D eigenvalue weighted by Gasteiger charge is 2.11. The summed E-state index contributed by atoms with van der Waals surface area (Å²) in [4.78, 5) is 0. The molecule has 4 nitrogen and oxygen atoms in total. The van der Waals surface area contributed by atoms with E-state index in [4.69, 9.17) is 10.5 Å². The van der Waals surface area contributed by atoms with Crippen molar-refractivity contribution in [1.29, 1.82) is 0 Å². The van der Waals surface area contributed by atoms with Gasteiger partial charge in [-0.3, -0.25) is 0 Å². The van der Waals surface area contributed by atoms with Crippen molar-refractivity contribution in [2.45, 2.75) is 25.9 Å². The number of unbranched alkanes of at least 4 members (excludes halogenated alkanes) is 1. The van der Waals surface area contributed by atoms with Crippen LogP contribution >= 0.6 is 11.8 Å². The van der Waals surface area contributed by atoms with Gasteiger partial charge in [0.25, 0.3) is 0 Å². The third kappa shape index (κ3) is 5.03. The molecule has 0 fully saturated rings. The highest BCUT2D eigenvalue weighted by atomic mass is 32.2. The van der Waals surface area contributed by atoms with Crippen LogP contribution in [0.2, 0.25) is 0 Å². The van der Waals surface area contributed by atoms with Crippen LogP contribution < -0.4 is 5.73 Å². The quantitative estimate of drug-likeness (QED) is 0.781. The van der Waals surface area contributed by atoms with E-state index in [0.29, 0.717) is 23.9 Å². The predicted molar refractivity (Wildman–Crippen MR) is 81.3 cm³/mol. The number of ether oxygens (including phenoxy) is 1. The van der Waals surface area contributed by atoms with E-state index in [1.807, 2.05) is 0 Å². The lowest BCUT2D eigenvalue weighted by Crippen LogP contribution is -2.15. The van der Waals surface area contributed by atoms with Crippen molar-refractivity contribution in [2.75, 3.05) is 12.4 Å². The Morgan fingerprint density at radius 1 is 1.14 bits per heavy atom. The second-order valence-electron chi connectivity index (χ2n) is 4.75. The molecule has 0 saturated carbocycles. The van der Waals surface area contributed by atoms with Crippen LogP contribution in [0.4, 0.5) is 13.2 Å². The lowest BCUT2D eigenvalue weighted by atomic mass is 10.2. The van der Waals surface area contributed by atoms with E-state index >= 15 is 0 Å². The van der Waals surface area contributed by atoms with Crippen LogP contribution in [0.15, 0.2) is 22.3 Å². The Bertz CT molecular complexity index is 570. The fraction of sp³-hybridized carbons (Fsp3) is 0.429. The highest BCUT2D eigenvalue weighted by molar-refractivity contribution is 8.14. The van der Waals surface area contributed by atoms with Gasteiger partial charge in [-0.2, -0.15) is 5.10 Å². The van der Waals surface area contributed by atoms with Crippen LogP contribution in [-0.4, -0.2) is 23.2 Å². The van der Waals surface area contributed by atoms with Crippen molar-refractivity contribution >= 4 is 22.6 Å². The van der Waals surface area contributed by atoms with Crippen molar-refractivity contribution in [1.82, 2.24) is 0 Å².